The van der Waals surface area contributed by atoms with Gasteiger partial charge in [0.2, 0.25) is 0 Å². The lowest BCUT2D eigenvalue weighted by Gasteiger charge is -2.27. The van der Waals surface area contributed by atoms with Gasteiger partial charge in [-0.25, -0.2) is 0 Å². The van der Waals surface area contributed by atoms with Crippen LogP contribution in [0, 0.1) is 0 Å². The van der Waals surface area contributed by atoms with Crippen LogP contribution in [0.3, 0.4) is 0 Å². The predicted molar refractivity (Wildman–Crippen MR) is 77.1 cm³/mol. The molecule has 0 unspecified atom stereocenters. The second-order valence-corrected chi connectivity index (χ2v) is 5.45. The minimum absolute atomic E-state index is 0.0361. The van der Waals surface area contributed by atoms with Gasteiger partial charge in [-0.15, -0.1) is 5.10 Å². The van der Waals surface area contributed by atoms with E-state index in [0.29, 0.717) is 0 Å². The van der Waals surface area contributed by atoms with Crippen molar-refractivity contribution in [2.24, 2.45) is 0 Å². The van der Waals surface area contributed by atoms with Crippen molar-refractivity contribution in [1.29, 1.82) is 0 Å². The first-order chi connectivity index (χ1) is 10.2. The number of amides is 1. The van der Waals surface area contributed by atoms with Gasteiger partial charge in [0, 0.05) is 0 Å². The van der Waals surface area contributed by atoms with Crippen LogP contribution >= 0.6 is 0 Å². The number of aromatic nitrogens is 3. The van der Waals surface area contributed by atoms with E-state index in [9.17, 15) is 9.90 Å². The Hall–Kier alpha value is -2.21. The minimum Gasteiger partial charge on any atom is -0.394 e. The molecule has 0 saturated heterocycles. The summed E-state index contributed by atoms with van der Waals surface area (Å²) < 4.78 is 0. The molecule has 3 rings (SSSR count). The lowest BCUT2D eigenvalue weighted by Crippen LogP contribution is -2.49. The van der Waals surface area contributed by atoms with Gasteiger partial charge in [-0.1, -0.05) is 31.0 Å². The molecule has 1 saturated carbocycles. The molecule has 6 heteroatoms. The maximum absolute atomic E-state index is 12.3. The number of hydrogen-bond donors (Lipinski definition) is 2. The number of hydrogen-bond acceptors (Lipinski definition) is 4. The number of nitrogens with zero attached hydrogens (tertiary/aromatic N) is 3. The van der Waals surface area contributed by atoms with Gasteiger partial charge in [-0.3, -0.25) is 4.79 Å². The van der Waals surface area contributed by atoms with Crippen LogP contribution in [0.25, 0.3) is 5.69 Å². The molecule has 2 aromatic rings. The molecule has 1 aromatic carbocycles. The van der Waals surface area contributed by atoms with Crippen molar-refractivity contribution in [3.8, 4) is 5.69 Å². The Balaban J connectivity index is 1.75. The summed E-state index contributed by atoms with van der Waals surface area (Å²) >= 11 is 0. The first-order valence-electron chi connectivity index (χ1n) is 7.14. The minimum atomic E-state index is -0.492. The molecule has 6 nitrogen and oxygen atoms in total. The Kier molecular flexibility index (Phi) is 3.70. The molecule has 0 aliphatic heterocycles. The Bertz CT molecular complexity index is 618. The average molecular weight is 286 g/mol. The Labute approximate surface area is 122 Å². The zero-order valence-electron chi connectivity index (χ0n) is 11.7. The van der Waals surface area contributed by atoms with Crippen molar-refractivity contribution in [3.05, 3.63) is 42.2 Å². The van der Waals surface area contributed by atoms with Crippen molar-refractivity contribution in [2.45, 2.75) is 31.2 Å². The second kappa shape index (κ2) is 5.65. The maximum Gasteiger partial charge on any atom is 0.273 e. The lowest BCUT2D eigenvalue weighted by atomic mass is 9.99. The molecular formula is C15H18N4O2. The lowest BCUT2D eigenvalue weighted by molar-refractivity contribution is 0.0833. The number of carbonyl (C=O) groups is 1. The Morgan fingerprint density at radius 3 is 2.67 bits per heavy atom. The molecule has 21 heavy (non-hydrogen) atoms. The number of aliphatic hydroxyl groups excluding tert-OH is 1. The highest BCUT2D eigenvalue weighted by molar-refractivity contribution is 5.92. The maximum atomic E-state index is 12.3. The van der Waals surface area contributed by atoms with E-state index in [0.717, 1.165) is 31.4 Å². The normalized spacial score (nSPS) is 16.8. The fourth-order valence-electron chi connectivity index (χ4n) is 2.73. The van der Waals surface area contributed by atoms with E-state index >= 15 is 0 Å². The van der Waals surface area contributed by atoms with Crippen LogP contribution in [-0.2, 0) is 0 Å². The molecule has 1 aromatic heterocycles. The Morgan fingerprint density at radius 1 is 1.29 bits per heavy atom. The van der Waals surface area contributed by atoms with Crippen molar-refractivity contribution in [1.82, 2.24) is 20.3 Å². The van der Waals surface area contributed by atoms with Gasteiger partial charge in [0.25, 0.3) is 5.91 Å². The van der Waals surface area contributed by atoms with Crippen molar-refractivity contribution in [2.75, 3.05) is 6.61 Å². The third-order valence-electron chi connectivity index (χ3n) is 3.95. The van der Waals surface area contributed by atoms with Crippen LogP contribution in [0.2, 0.25) is 0 Å². The summed E-state index contributed by atoms with van der Waals surface area (Å²) in [5, 5.41) is 20.8. The van der Waals surface area contributed by atoms with E-state index in [2.05, 4.69) is 15.5 Å². The number of benzene rings is 1. The van der Waals surface area contributed by atoms with Crippen molar-refractivity contribution >= 4 is 5.91 Å². The van der Waals surface area contributed by atoms with Crippen LogP contribution < -0.4 is 5.32 Å². The molecule has 0 radical (unpaired) electrons. The third-order valence-corrected chi connectivity index (χ3v) is 3.95. The van der Waals surface area contributed by atoms with E-state index in [1.807, 2.05) is 30.3 Å². The van der Waals surface area contributed by atoms with E-state index in [-0.39, 0.29) is 18.2 Å². The molecule has 0 spiro atoms. The van der Waals surface area contributed by atoms with Crippen LogP contribution in [0.5, 0.6) is 0 Å². The highest BCUT2D eigenvalue weighted by atomic mass is 16.3. The number of rotatable bonds is 4. The van der Waals surface area contributed by atoms with Crippen LogP contribution in [0.4, 0.5) is 0 Å². The van der Waals surface area contributed by atoms with Gasteiger partial charge < -0.3 is 10.4 Å². The molecule has 110 valence electrons. The van der Waals surface area contributed by atoms with Gasteiger partial charge in [-0.2, -0.15) is 9.90 Å². The highest BCUT2D eigenvalue weighted by Gasteiger charge is 2.35. The summed E-state index contributed by atoms with van der Waals surface area (Å²) in [6, 6.07) is 9.42. The molecule has 2 N–H and O–H groups in total. The number of para-hydroxylation sites is 1. The molecule has 0 bridgehead atoms. The summed E-state index contributed by atoms with van der Waals surface area (Å²) in [4.78, 5) is 13.7. The highest BCUT2D eigenvalue weighted by Crippen LogP contribution is 2.29. The fourth-order valence-corrected chi connectivity index (χ4v) is 2.73. The number of aliphatic hydroxyl groups is 1. The molecular weight excluding hydrogens is 268 g/mol. The van der Waals surface area contributed by atoms with E-state index < -0.39 is 5.54 Å². The molecule has 0 atom stereocenters. The summed E-state index contributed by atoms with van der Waals surface area (Å²) in [6.07, 6.45) is 5.11. The van der Waals surface area contributed by atoms with E-state index in [1.54, 1.807) is 0 Å². The van der Waals surface area contributed by atoms with Gasteiger partial charge >= 0.3 is 0 Å². The van der Waals surface area contributed by atoms with Crippen molar-refractivity contribution < 1.29 is 9.90 Å². The summed E-state index contributed by atoms with van der Waals surface area (Å²) in [6.45, 7) is -0.0361. The zero-order chi connectivity index (χ0) is 14.7. The molecule has 1 aliphatic rings. The summed E-state index contributed by atoms with van der Waals surface area (Å²) in [7, 11) is 0. The topological polar surface area (TPSA) is 80.0 Å². The van der Waals surface area contributed by atoms with Gasteiger partial charge in [0.1, 0.15) is 0 Å². The molecule has 1 fully saturated rings. The van der Waals surface area contributed by atoms with Crippen molar-refractivity contribution in [3.63, 3.8) is 0 Å². The van der Waals surface area contributed by atoms with Gasteiger partial charge in [0.05, 0.1) is 24.0 Å². The van der Waals surface area contributed by atoms with Gasteiger partial charge in [0.15, 0.2) is 5.69 Å². The standard InChI is InChI=1S/C15H18N4O2/c20-11-15(8-4-5-9-15)17-14(21)13-10-16-19(18-13)12-6-2-1-3-7-12/h1-3,6-7,10,20H,4-5,8-9,11H2,(H,17,21). The first-order valence-corrected chi connectivity index (χ1v) is 7.14. The Morgan fingerprint density at radius 2 is 2.00 bits per heavy atom. The first kappa shape index (κ1) is 13.8. The summed E-state index contributed by atoms with van der Waals surface area (Å²) in [5.41, 5.74) is 0.570. The number of carbonyl (C=O) groups excluding carboxylic acids is 1. The van der Waals surface area contributed by atoms with Crippen LogP contribution in [-0.4, -0.2) is 38.2 Å². The van der Waals surface area contributed by atoms with Crippen LogP contribution in [0.1, 0.15) is 36.2 Å². The predicted octanol–water partition coefficient (Wildman–Crippen LogP) is 1.30. The monoisotopic (exact) mass is 286 g/mol. The quantitative estimate of drug-likeness (QED) is 0.888. The van der Waals surface area contributed by atoms with Crippen LogP contribution in [0.15, 0.2) is 36.5 Å². The SMILES string of the molecule is O=C(NC1(CO)CCCC1)c1cnn(-c2ccccc2)n1. The fraction of sp³-hybridized carbons (Fsp3) is 0.400. The zero-order valence-corrected chi connectivity index (χ0v) is 11.7. The third kappa shape index (κ3) is 2.80. The van der Waals surface area contributed by atoms with E-state index in [4.69, 9.17) is 0 Å². The van der Waals surface area contributed by atoms with E-state index in [1.165, 1.54) is 11.0 Å². The number of nitrogens with one attached hydrogen (secondary N) is 1. The summed E-state index contributed by atoms with van der Waals surface area (Å²) in [5.74, 6) is -0.284. The van der Waals surface area contributed by atoms with Gasteiger partial charge in [-0.05, 0) is 25.0 Å². The molecule has 1 aliphatic carbocycles. The second-order valence-electron chi connectivity index (χ2n) is 5.45. The molecule has 1 amide bonds. The smallest absolute Gasteiger partial charge is 0.273 e. The largest absolute Gasteiger partial charge is 0.394 e. The average Bonchev–Trinajstić information content (AvgIpc) is 3.18. The molecule has 1 heterocycles.